The summed E-state index contributed by atoms with van der Waals surface area (Å²) >= 11 is 0. The molecule has 1 saturated carbocycles. The Bertz CT molecular complexity index is 507. The Kier molecular flexibility index (Phi) is 3.20. The van der Waals surface area contributed by atoms with Crippen LogP contribution in [0, 0.1) is 6.92 Å². The van der Waals surface area contributed by atoms with Gasteiger partial charge in [-0.3, -0.25) is 4.79 Å². The number of anilines is 1. The van der Waals surface area contributed by atoms with E-state index in [-0.39, 0.29) is 18.4 Å². The third-order valence-corrected chi connectivity index (χ3v) is 3.33. The average Bonchev–Trinajstić information content (AvgIpc) is 3.08. The van der Waals surface area contributed by atoms with Crippen molar-refractivity contribution in [2.75, 3.05) is 12.4 Å². The Morgan fingerprint density at radius 2 is 1.95 bits per heavy atom. The summed E-state index contributed by atoms with van der Waals surface area (Å²) in [4.78, 5) is 12.0. The second-order valence-corrected chi connectivity index (χ2v) is 4.83. The van der Waals surface area contributed by atoms with Gasteiger partial charge in [-0.1, -0.05) is 6.07 Å². The molecule has 19 heavy (non-hydrogen) atoms. The number of halogens is 3. The molecule has 0 spiro atoms. The van der Waals surface area contributed by atoms with Crippen LogP contribution < -0.4 is 10.6 Å². The fourth-order valence-electron chi connectivity index (χ4n) is 1.95. The molecule has 3 nitrogen and oxygen atoms in total. The van der Waals surface area contributed by atoms with Crippen molar-refractivity contribution in [3.63, 3.8) is 0 Å². The highest BCUT2D eigenvalue weighted by Gasteiger charge is 2.64. The number of hydrogen-bond donors (Lipinski definition) is 2. The van der Waals surface area contributed by atoms with E-state index in [4.69, 9.17) is 0 Å². The maximum atomic E-state index is 12.8. The van der Waals surface area contributed by atoms with Crippen LogP contribution in [0.5, 0.6) is 0 Å². The first-order valence-corrected chi connectivity index (χ1v) is 5.97. The lowest BCUT2D eigenvalue weighted by Gasteiger charge is -2.21. The molecule has 1 aromatic carbocycles. The fourth-order valence-corrected chi connectivity index (χ4v) is 1.95. The highest BCUT2D eigenvalue weighted by atomic mass is 19.4. The topological polar surface area (TPSA) is 41.1 Å². The summed E-state index contributed by atoms with van der Waals surface area (Å²) in [5, 5.41) is 4.93. The quantitative estimate of drug-likeness (QED) is 0.888. The van der Waals surface area contributed by atoms with E-state index in [2.05, 4.69) is 10.6 Å². The van der Waals surface area contributed by atoms with Gasteiger partial charge in [0, 0.05) is 12.7 Å². The number of carbonyl (C=O) groups is 1. The van der Waals surface area contributed by atoms with Crippen LogP contribution in [-0.2, 0) is 0 Å². The lowest BCUT2D eigenvalue weighted by Crippen LogP contribution is -2.47. The Morgan fingerprint density at radius 1 is 1.32 bits per heavy atom. The molecule has 0 bridgehead atoms. The number of amides is 1. The van der Waals surface area contributed by atoms with E-state index in [9.17, 15) is 18.0 Å². The van der Waals surface area contributed by atoms with Crippen molar-refractivity contribution in [1.82, 2.24) is 5.32 Å². The van der Waals surface area contributed by atoms with Crippen LogP contribution in [0.15, 0.2) is 18.2 Å². The van der Waals surface area contributed by atoms with Crippen molar-refractivity contribution >= 4 is 11.6 Å². The SMILES string of the molecule is CNc1cc(C)ccc1C(=O)NC1(C(F)(F)F)CC1. The smallest absolute Gasteiger partial charge is 0.387 e. The normalized spacial score (nSPS) is 16.9. The molecular formula is C13H15F3N2O. The maximum absolute atomic E-state index is 12.8. The summed E-state index contributed by atoms with van der Waals surface area (Å²) in [5.41, 5.74) is -0.350. The molecule has 2 rings (SSSR count). The van der Waals surface area contributed by atoms with Gasteiger partial charge < -0.3 is 10.6 Å². The molecule has 104 valence electrons. The van der Waals surface area contributed by atoms with Crippen molar-refractivity contribution in [3.8, 4) is 0 Å². The van der Waals surface area contributed by atoms with Gasteiger partial charge in [0.25, 0.3) is 5.91 Å². The first-order chi connectivity index (χ1) is 8.79. The minimum atomic E-state index is -4.40. The minimum Gasteiger partial charge on any atom is -0.387 e. The molecule has 0 aliphatic heterocycles. The molecule has 6 heteroatoms. The summed E-state index contributed by atoms with van der Waals surface area (Å²) < 4.78 is 38.4. The van der Waals surface area contributed by atoms with Crippen molar-refractivity contribution in [1.29, 1.82) is 0 Å². The first kappa shape index (κ1) is 13.7. The van der Waals surface area contributed by atoms with E-state index in [1.165, 1.54) is 6.07 Å². The van der Waals surface area contributed by atoms with Gasteiger partial charge in [0.2, 0.25) is 0 Å². The van der Waals surface area contributed by atoms with E-state index < -0.39 is 17.6 Å². The van der Waals surface area contributed by atoms with Gasteiger partial charge >= 0.3 is 6.18 Å². The molecule has 1 aliphatic rings. The minimum absolute atomic E-state index is 0.0526. The Labute approximate surface area is 109 Å². The second kappa shape index (κ2) is 4.43. The van der Waals surface area contributed by atoms with Gasteiger partial charge in [0.15, 0.2) is 0 Å². The van der Waals surface area contributed by atoms with Crippen molar-refractivity contribution in [2.45, 2.75) is 31.5 Å². The molecule has 1 fully saturated rings. The van der Waals surface area contributed by atoms with Gasteiger partial charge in [-0.25, -0.2) is 0 Å². The molecular weight excluding hydrogens is 257 g/mol. The van der Waals surface area contributed by atoms with Crippen LogP contribution in [0.4, 0.5) is 18.9 Å². The Balaban J connectivity index is 2.22. The van der Waals surface area contributed by atoms with Crippen LogP contribution in [0.1, 0.15) is 28.8 Å². The van der Waals surface area contributed by atoms with Crippen molar-refractivity contribution in [3.05, 3.63) is 29.3 Å². The molecule has 1 amide bonds. The zero-order valence-corrected chi connectivity index (χ0v) is 10.7. The van der Waals surface area contributed by atoms with E-state index in [1.807, 2.05) is 6.92 Å². The van der Waals surface area contributed by atoms with Crippen molar-refractivity contribution in [2.24, 2.45) is 0 Å². The maximum Gasteiger partial charge on any atom is 0.411 e. The predicted octanol–water partition coefficient (Wildman–Crippen LogP) is 2.86. The zero-order valence-electron chi connectivity index (χ0n) is 10.7. The Hall–Kier alpha value is -1.72. The fraction of sp³-hybridized carbons (Fsp3) is 0.462. The molecule has 0 saturated heterocycles. The number of carbonyl (C=O) groups excluding carboxylic acids is 1. The van der Waals surface area contributed by atoms with Gasteiger partial charge in [0.1, 0.15) is 5.54 Å². The largest absolute Gasteiger partial charge is 0.411 e. The molecule has 1 aliphatic carbocycles. The molecule has 0 atom stereocenters. The van der Waals surface area contributed by atoms with Gasteiger partial charge in [-0.05, 0) is 37.5 Å². The zero-order chi connectivity index (χ0) is 14.3. The number of hydrogen-bond acceptors (Lipinski definition) is 2. The molecule has 0 radical (unpaired) electrons. The third kappa shape index (κ3) is 2.52. The standard InChI is InChI=1S/C13H15F3N2O/c1-8-3-4-9(10(7-8)17-2)11(19)18-12(5-6-12)13(14,15)16/h3-4,7,17H,5-6H2,1-2H3,(H,18,19). The molecule has 0 heterocycles. The van der Waals surface area contributed by atoms with Crippen LogP contribution >= 0.6 is 0 Å². The summed E-state index contributed by atoms with van der Waals surface area (Å²) in [6, 6.07) is 4.95. The average molecular weight is 272 g/mol. The van der Waals surface area contributed by atoms with E-state index >= 15 is 0 Å². The Morgan fingerprint density at radius 3 is 2.42 bits per heavy atom. The summed E-state index contributed by atoms with van der Waals surface area (Å²) in [6.45, 7) is 1.85. The number of aryl methyl sites for hydroxylation is 1. The highest BCUT2D eigenvalue weighted by molar-refractivity contribution is 6.00. The summed E-state index contributed by atoms with van der Waals surface area (Å²) in [5.74, 6) is -0.695. The van der Waals surface area contributed by atoms with E-state index in [1.54, 1.807) is 19.2 Å². The predicted molar refractivity (Wildman–Crippen MR) is 66.2 cm³/mol. The number of rotatable bonds is 3. The van der Waals surface area contributed by atoms with Crippen LogP contribution in [0.2, 0.25) is 0 Å². The lowest BCUT2D eigenvalue weighted by atomic mass is 10.1. The summed E-state index contributed by atoms with van der Waals surface area (Å²) in [7, 11) is 1.63. The van der Waals surface area contributed by atoms with Crippen LogP contribution in [0.25, 0.3) is 0 Å². The number of benzene rings is 1. The third-order valence-electron chi connectivity index (χ3n) is 3.33. The van der Waals surface area contributed by atoms with Crippen LogP contribution in [-0.4, -0.2) is 24.7 Å². The molecule has 1 aromatic rings. The van der Waals surface area contributed by atoms with Gasteiger partial charge in [-0.15, -0.1) is 0 Å². The van der Waals surface area contributed by atoms with Crippen molar-refractivity contribution < 1.29 is 18.0 Å². The first-order valence-electron chi connectivity index (χ1n) is 5.97. The van der Waals surface area contributed by atoms with E-state index in [0.717, 1.165) is 5.56 Å². The molecule has 2 N–H and O–H groups in total. The second-order valence-electron chi connectivity index (χ2n) is 4.83. The molecule has 0 unspecified atom stereocenters. The summed E-state index contributed by atoms with van der Waals surface area (Å²) in [6.07, 6.45) is -4.50. The number of nitrogens with one attached hydrogen (secondary N) is 2. The monoisotopic (exact) mass is 272 g/mol. The van der Waals surface area contributed by atoms with Gasteiger partial charge in [0.05, 0.1) is 5.56 Å². The van der Waals surface area contributed by atoms with E-state index in [0.29, 0.717) is 5.69 Å². The van der Waals surface area contributed by atoms with Gasteiger partial charge in [-0.2, -0.15) is 13.2 Å². The lowest BCUT2D eigenvalue weighted by molar-refractivity contribution is -0.163. The van der Waals surface area contributed by atoms with Crippen LogP contribution in [0.3, 0.4) is 0 Å². The molecule has 0 aromatic heterocycles. The number of alkyl halides is 3. The highest BCUT2D eigenvalue weighted by Crippen LogP contribution is 2.49.